The van der Waals surface area contributed by atoms with E-state index in [-0.39, 0.29) is 23.6 Å². The fraction of sp³-hybridized carbons (Fsp3) is 0.267. The van der Waals surface area contributed by atoms with Crippen LogP contribution in [0.1, 0.15) is 5.56 Å². The van der Waals surface area contributed by atoms with Crippen molar-refractivity contribution in [1.82, 2.24) is 5.32 Å². The number of carbonyl (C=O) groups excluding carboxylic acids is 2. The number of nitrogens with one attached hydrogen (secondary N) is 1. The van der Waals surface area contributed by atoms with Crippen molar-refractivity contribution in [1.29, 1.82) is 5.26 Å². The largest absolute Gasteiger partial charge is 0.383 e. The molecule has 108 valence electrons. The number of fused-ring (bicyclic) bond motifs is 1. The molecule has 0 saturated carbocycles. The second kappa shape index (κ2) is 6.20. The van der Waals surface area contributed by atoms with Crippen LogP contribution in [0, 0.1) is 11.3 Å². The highest BCUT2D eigenvalue weighted by Gasteiger charge is 2.34. The minimum absolute atomic E-state index is 0.144. The van der Waals surface area contributed by atoms with Crippen molar-refractivity contribution in [2.75, 3.05) is 32.2 Å². The number of benzene rings is 1. The van der Waals surface area contributed by atoms with E-state index in [1.807, 2.05) is 6.07 Å². The molecule has 2 rings (SSSR count). The summed E-state index contributed by atoms with van der Waals surface area (Å²) in [6.45, 7) is 0.615. The fourth-order valence-corrected chi connectivity index (χ4v) is 2.19. The van der Waals surface area contributed by atoms with E-state index < -0.39 is 5.91 Å². The summed E-state index contributed by atoms with van der Waals surface area (Å²) in [6.07, 6.45) is 0. The number of carbonyl (C=O) groups is 2. The van der Waals surface area contributed by atoms with Crippen molar-refractivity contribution in [3.63, 3.8) is 0 Å². The van der Waals surface area contributed by atoms with Crippen molar-refractivity contribution >= 4 is 23.1 Å². The Kier molecular flexibility index (Phi) is 4.36. The summed E-state index contributed by atoms with van der Waals surface area (Å²) >= 11 is 0. The van der Waals surface area contributed by atoms with E-state index in [0.29, 0.717) is 17.9 Å². The van der Waals surface area contributed by atoms with Gasteiger partial charge in [-0.25, -0.2) is 0 Å². The van der Waals surface area contributed by atoms with Crippen LogP contribution >= 0.6 is 0 Å². The summed E-state index contributed by atoms with van der Waals surface area (Å²) in [5, 5.41) is 11.8. The molecule has 0 aliphatic carbocycles. The zero-order chi connectivity index (χ0) is 15.4. The Bertz CT molecular complexity index is 658. The first-order valence-electron chi connectivity index (χ1n) is 6.40. The van der Waals surface area contributed by atoms with Gasteiger partial charge in [0, 0.05) is 26.3 Å². The number of amides is 2. The maximum Gasteiger partial charge on any atom is 0.262 e. The summed E-state index contributed by atoms with van der Waals surface area (Å²) in [5.41, 5.74) is 1.26. The van der Waals surface area contributed by atoms with Gasteiger partial charge in [-0.1, -0.05) is 18.2 Å². The van der Waals surface area contributed by atoms with Gasteiger partial charge >= 0.3 is 0 Å². The Morgan fingerprint density at radius 1 is 1.43 bits per heavy atom. The van der Waals surface area contributed by atoms with E-state index in [1.165, 1.54) is 12.0 Å². The molecule has 0 aromatic heterocycles. The minimum atomic E-state index is -0.567. The third-order valence-corrected chi connectivity index (χ3v) is 3.23. The van der Waals surface area contributed by atoms with Crippen molar-refractivity contribution < 1.29 is 14.3 Å². The van der Waals surface area contributed by atoms with Crippen molar-refractivity contribution in [3.8, 4) is 6.07 Å². The van der Waals surface area contributed by atoms with Crippen LogP contribution in [0.2, 0.25) is 0 Å². The maximum absolute atomic E-state index is 12.3. The first kappa shape index (κ1) is 14.8. The molecule has 1 aromatic carbocycles. The molecule has 0 fully saturated rings. The molecule has 0 saturated heterocycles. The molecule has 2 amide bonds. The van der Waals surface area contributed by atoms with Crippen LogP contribution in [0.25, 0.3) is 5.57 Å². The van der Waals surface area contributed by atoms with Crippen LogP contribution in [0.5, 0.6) is 0 Å². The molecule has 1 aromatic rings. The monoisotopic (exact) mass is 285 g/mol. The van der Waals surface area contributed by atoms with Crippen LogP contribution in [-0.4, -0.2) is 39.1 Å². The van der Waals surface area contributed by atoms with E-state index in [4.69, 9.17) is 4.74 Å². The third kappa shape index (κ3) is 2.64. The summed E-state index contributed by atoms with van der Waals surface area (Å²) in [6, 6.07) is 8.91. The molecule has 1 aliphatic heterocycles. The van der Waals surface area contributed by atoms with Gasteiger partial charge in [-0.05, 0) is 6.07 Å². The van der Waals surface area contributed by atoms with Crippen LogP contribution in [0.4, 0.5) is 5.69 Å². The van der Waals surface area contributed by atoms with Gasteiger partial charge in [-0.2, -0.15) is 5.26 Å². The van der Waals surface area contributed by atoms with E-state index >= 15 is 0 Å². The number of nitriles is 1. The summed E-state index contributed by atoms with van der Waals surface area (Å²) in [4.78, 5) is 25.8. The van der Waals surface area contributed by atoms with Gasteiger partial charge in [0.1, 0.15) is 11.6 Å². The molecule has 1 aliphatic rings. The van der Waals surface area contributed by atoms with Gasteiger partial charge in [0.05, 0.1) is 17.9 Å². The predicted molar refractivity (Wildman–Crippen MR) is 77.3 cm³/mol. The Hall–Kier alpha value is -2.65. The first-order valence-corrected chi connectivity index (χ1v) is 6.40. The van der Waals surface area contributed by atoms with Crippen molar-refractivity contribution in [2.45, 2.75) is 0 Å². The van der Waals surface area contributed by atoms with E-state index in [1.54, 1.807) is 31.3 Å². The smallest absolute Gasteiger partial charge is 0.262 e. The number of ether oxygens (including phenoxy) is 1. The molecule has 21 heavy (non-hydrogen) atoms. The molecule has 0 radical (unpaired) electrons. The van der Waals surface area contributed by atoms with Crippen LogP contribution in [0.3, 0.4) is 0 Å². The number of hydrogen-bond acceptors (Lipinski definition) is 4. The molecule has 0 unspecified atom stereocenters. The number of likely N-dealkylation sites (N-methyl/N-ethyl adjacent to an activating group) is 1. The molecule has 1 heterocycles. The minimum Gasteiger partial charge on any atom is -0.383 e. The quantitative estimate of drug-likeness (QED) is 0.501. The second-order valence-electron chi connectivity index (χ2n) is 4.49. The molecular formula is C15H15N3O3. The van der Waals surface area contributed by atoms with Crippen LogP contribution in [-0.2, 0) is 14.3 Å². The standard InChI is InChI=1S/C15H15N3O3/c1-18-12-6-4-3-5-10(12)13(15(18)20)11(9-16)14(19)17-7-8-21-2/h3-6H,7-8H2,1-2H3,(H,17,19)/b13-11-. The van der Waals surface area contributed by atoms with Gasteiger partial charge in [0.25, 0.3) is 11.8 Å². The molecular weight excluding hydrogens is 270 g/mol. The number of nitrogens with zero attached hydrogens (tertiary/aromatic N) is 2. The fourth-order valence-electron chi connectivity index (χ4n) is 2.19. The van der Waals surface area contributed by atoms with Crippen molar-refractivity contribution in [3.05, 3.63) is 35.4 Å². The second-order valence-corrected chi connectivity index (χ2v) is 4.49. The number of rotatable bonds is 4. The Labute approximate surface area is 122 Å². The highest BCUT2D eigenvalue weighted by atomic mass is 16.5. The molecule has 1 N–H and O–H groups in total. The SMILES string of the molecule is COCCNC(=O)/C(C#N)=C1\C(=O)N(C)c2ccccc21. The number of para-hydroxylation sites is 1. The Morgan fingerprint density at radius 3 is 2.81 bits per heavy atom. The summed E-state index contributed by atoms with van der Waals surface area (Å²) in [5.74, 6) is -0.919. The first-order chi connectivity index (χ1) is 10.1. The Balaban J connectivity index is 2.43. The normalized spacial score (nSPS) is 15.5. The van der Waals surface area contributed by atoms with Gasteiger partial charge < -0.3 is 15.0 Å². The number of anilines is 1. The lowest BCUT2D eigenvalue weighted by atomic mass is 10.0. The summed E-state index contributed by atoms with van der Waals surface area (Å²) < 4.78 is 4.84. The lowest BCUT2D eigenvalue weighted by Gasteiger charge is -2.08. The van der Waals surface area contributed by atoms with Gasteiger partial charge in [0.2, 0.25) is 0 Å². The molecule has 6 heteroatoms. The average Bonchev–Trinajstić information content (AvgIpc) is 2.74. The number of methoxy groups -OCH3 is 1. The highest BCUT2D eigenvalue weighted by Crippen LogP contribution is 2.37. The zero-order valence-electron chi connectivity index (χ0n) is 11.8. The van der Waals surface area contributed by atoms with Crippen molar-refractivity contribution in [2.24, 2.45) is 0 Å². The maximum atomic E-state index is 12.3. The third-order valence-electron chi connectivity index (χ3n) is 3.23. The van der Waals surface area contributed by atoms with Crippen LogP contribution in [0.15, 0.2) is 29.8 Å². The zero-order valence-corrected chi connectivity index (χ0v) is 11.8. The highest BCUT2D eigenvalue weighted by molar-refractivity contribution is 6.36. The summed E-state index contributed by atoms with van der Waals surface area (Å²) in [7, 11) is 3.13. The van der Waals surface area contributed by atoms with Gasteiger partial charge in [-0.15, -0.1) is 0 Å². The Morgan fingerprint density at radius 2 is 2.14 bits per heavy atom. The van der Waals surface area contributed by atoms with Crippen LogP contribution < -0.4 is 10.2 Å². The topological polar surface area (TPSA) is 82.4 Å². The van der Waals surface area contributed by atoms with Gasteiger partial charge in [-0.3, -0.25) is 9.59 Å². The van der Waals surface area contributed by atoms with E-state index in [9.17, 15) is 14.9 Å². The van der Waals surface area contributed by atoms with E-state index in [2.05, 4.69) is 5.32 Å². The molecule has 0 atom stereocenters. The van der Waals surface area contributed by atoms with Gasteiger partial charge in [0.15, 0.2) is 0 Å². The lowest BCUT2D eigenvalue weighted by molar-refractivity contribution is -0.118. The van der Waals surface area contributed by atoms with E-state index in [0.717, 1.165) is 0 Å². The average molecular weight is 285 g/mol. The predicted octanol–water partition coefficient (Wildman–Crippen LogP) is 0.703. The number of hydrogen-bond donors (Lipinski definition) is 1. The molecule has 6 nitrogen and oxygen atoms in total. The lowest BCUT2D eigenvalue weighted by Crippen LogP contribution is -2.30. The molecule has 0 spiro atoms. The molecule has 0 bridgehead atoms.